The Kier molecular flexibility index (Phi) is 6.84. The van der Waals surface area contributed by atoms with Crippen molar-refractivity contribution in [1.29, 1.82) is 0 Å². The topological polar surface area (TPSA) is 98.7 Å². The molecule has 8 heteroatoms. The van der Waals surface area contributed by atoms with Gasteiger partial charge in [0, 0.05) is 31.5 Å². The first kappa shape index (κ1) is 23.9. The Balaban J connectivity index is 1.37. The van der Waals surface area contributed by atoms with E-state index < -0.39 is 22.6 Å². The van der Waals surface area contributed by atoms with E-state index in [2.05, 4.69) is 10.6 Å². The average Bonchev–Trinajstić information content (AvgIpc) is 3.53. The number of likely N-dealkylation sites (tertiary alicyclic amines) is 1. The van der Waals surface area contributed by atoms with Crippen LogP contribution >= 0.6 is 11.8 Å². The molecule has 0 aromatic heterocycles. The highest BCUT2D eigenvalue weighted by Crippen LogP contribution is 2.66. The Morgan fingerprint density at radius 1 is 0.971 bits per heavy atom. The second-order valence-corrected chi connectivity index (χ2v) is 11.2. The standard InChI is InChI=1S/C27H31N3O4S/c31-15-7-14-30-23(25(33)29-17-19-10-5-2-6-11-19)27-13-12-20(35-27)21(22(27)26(30)34)24(32)28-16-18-8-3-1-4-9-18/h1-6,8-11,20-23,31H,7,12-17H2,(H,28,32)(H,29,33)/t20-,21+,22-,23?,27?/m0/s1. The predicted octanol–water partition coefficient (Wildman–Crippen LogP) is 2.09. The van der Waals surface area contributed by atoms with Crippen LogP contribution in [0.2, 0.25) is 0 Å². The number of nitrogens with zero attached hydrogens (tertiary/aromatic N) is 1. The summed E-state index contributed by atoms with van der Waals surface area (Å²) in [4.78, 5) is 42.3. The molecule has 3 heterocycles. The third-order valence-electron chi connectivity index (χ3n) is 7.53. The number of benzene rings is 2. The third-order valence-corrected chi connectivity index (χ3v) is 9.48. The number of carbonyl (C=O) groups is 3. The van der Waals surface area contributed by atoms with Gasteiger partial charge in [-0.1, -0.05) is 60.7 Å². The van der Waals surface area contributed by atoms with Gasteiger partial charge < -0.3 is 20.6 Å². The number of hydrogen-bond donors (Lipinski definition) is 3. The third kappa shape index (κ3) is 4.34. The van der Waals surface area contributed by atoms with Crippen LogP contribution in [0.25, 0.3) is 0 Å². The maximum Gasteiger partial charge on any atom is 0.244 e. The van der Waals surface area contributed by atoms with Crippen molar-refractivity contribution in [2.24, 2.45) is 11.8 Å². The highest BCUT2D eigenvalue weighted by atomic mass is 32.2. The van der Waals surface area contributed by atoms with Crippen LogP contribution in [0, 0.1) is 11.8 Å². The molecule has 2 aromatic rings. The molecule has 0 radical (unpaired) electrons. The van der Waals surface area contributed by atoms with Gasteiger partial charge in [-0.3, -0.25) is 14.4 Å². The van der Waals surface area contributed by atoms with Crippen LogP contribution in [0.1, 0.15) is 30.4 Å². The summed E-state index contributed by atoms with van der Waals surface area (Å²) in [6, 6.07) is 18.8. The highest BCUT2D eigenvalue weighted by molar-refractivity contribution is 8.02. The number of carbonyl (C=O) groups excluding carboxylic acids is 3. The molecule has 0 saturated carbocycles. The minimum Gasteiger partial charge on any atom is -0.396 e. The summed E-state index contributed by atoms with van der Waals surface area (Å²) < 4.78 is -0.604. The molecule has 2 bridgehead atoms. The molecular weight excluding hydrogens is 462 g/mol. The number of amides is 3. The lowest BCUT2D eigenvalue weighted by Gasteiger charge is -2.34. The highest BCUT2D eigenvalue weighted by Gasteiger charge is 2.73. The van der Waals surface area contributed by atoms with E-state index in [4.69, 9.17) is 0 Å². The lowest BCUT2D eigenvalue weighted by atomic mass is 9.70. The van der Waals surface area contributed by atoms with Gasteiger partial charge in [0.05, 0.1) is 16.6 Å². The smallest absolute Gasteiger partial charge is 0.244 e. The molecule has 3 fully saturated rings. The summed E-state index contributed by atoms with van der Waals surface area (Å²) >= 11 is 1.66. The molecule has 5 rings (SSSR count). The van der Waals surface area contributed by atoms with Crippen molar-refractivity contribution in [1.82, 2.24) is 15.5 Å². The Labute approximate surface area is 209 Å². The zero-order valence-corrected chi connectivity index (χ0v) is 20.4. The predicted molar refractivity (Wildman–Crippen MR) is 134 cm³/mol. The molecule has 184 valence electrons. The largest absolute Gasteiger partial charge is 0.396 e. The van der Waals surface area contributed by atoms with Crippen LogP contribution in [-0.2, 0) is 27.5 Å². The quantitative estimate of drug-likeness (QED) is 0.497. The first-order chi connectivity index (χ1) is 17.0. The number of thioether (sulfide) groups is 1. The first-order valence-corrected chi connectivity index (χ1v) is 13.2. The zero-order valence-electron chi connectivity index (χ0n) is 19.6. The fourth-order valence-electron chi connectivity index (χ4n) is 6.02. The summed E-state index contributed by atoms with van der Waals surface area (Å²) in [6.07, 6.45) is 1.95. The number of nitrogens with one attached hydrogen (secondary N) is 2. The molecular formula is C27H31N3O4S. The average molecular weight is 494 g/mol. The molecule has 3 aliphatic rings. The monoisotopic (exact) mass is 493 g/mol. The normalized spacial score (nSPS) is 28.7. The molecule has 2 unspecified atom stereocenters. The Morgan fingerprint density at radius 2 is 1.57 bits per heavy atom. The van der Waals surface area contributed by atoms with Gasteiger partial charge in [-0.2, -0.15) is 0 Å². The Bertz CT molecular complexity index is 1080. The van der Waals surface area contributed by atoms with E-state index in [0.717, 1.165) is 24.0 Å². The fraction of sp³-hybridized carbons (Fsp3) is 0.444. The summed E-state index contributed by atoms with van der Waals surface area (Å²) in [6.45, 7) is 1.04. The van der Waals surface area contributed by atoms with Gasteiger partial charge in [-0.05, 0) is 30.4 Å². The molecule has 2 aromatic carbocycles. The minimum atomic E-state index is -0.641. The molecule has 3 saturated heterocycles. The van der Waals surface area contributed by atoms with Gasteiger partial charge in [0.1, 0.15) is 6.04 Å². The minimum absolute atomic E-state index is 0.0316. The summed E-state index contributed by atoms with van der Waals surface area (Å²) in [5.41, 5.74) is 1.99. The first-order valence-electron chi connectivity index (χ1n) is 12.3. The van der Waals surface area contributed by atoms with E-state index in [-0.39, 0.29) is 29.6 Å². The number of fused-ring (bicyclic) bond motifs is 1. The van der Waals surface area contributed by atoms with E-state index in [1.54, 1.807) is 16.7 Å². The summed E-state index contributed by atoms with van der Waals surface area (Å²) in [5, 5.41) is 15.5. The molecule has 35 heavy (non-hydrogen) atoms. The van der Waals surface area contributed by atoms with Crippen LogP contribution in [-0.4, -0.2) is 56.9 Å². The van der Waals surface area contributed by atoms with Crippen molar-refractivity contribution in [3.63, 3.8) is 0 Å². The van der Waals surface area contributed by atoms with Gasteiger partial charge >= 0.3 is 0 Å². The summed E-state index contributed by atoms with van der Waals surface area (Å²) in [7, 11) is 0. The summed E-state index contributed by atoms with van der Waals surface area (Å²) in [5.74, 6) is -1.39. The van der Waals surface area contributed by atoms with E-state index in [1.165, 1.54) is 0 Å². The molecule has 3 aliphatic heterocycles. The van der Waals surface area contributed by atoms with Crippen LogP contribution < -0.4 is 10.6 Å². The lowest BCUT2D eigenvalue weighted by Crippen LogP contribution is -2.53. The lowest BCUT2D eigenvalue weighted by molar-refractivity contribution is -0.140. The van der Waals surface area contributed by atoms with Crippen molar-refractivity contribution in [2.75, 3.05) is 13.2 Å². The van der Waals surface area contributed by atoms with Gasteiger partial charge in [0.25, 0.3) is 0 Å². The SMILES string of the molecule is O=C(NCc1ccccc1)C1N(CCCO)C(=O)[C@@H]2[C@H](C(=O)NCc3ccccc3)[C@@H]3CCC12S3. The maximum absolute atomic E-state index is 13.7. The fourth-order valence-corrected chi connectivity index (χ4v) is 8.24. The van der Waals surface area contributed by atoms with Crippen LogP contribution in [0.3, 0.4) is 0 Å². The van der Waals surface area contributed by atoms with Crippen molar-refractivity contribution in [2.45, 2.75) is 48.4 Å². The van der Waals surface area contributed by atoms with Crippen molar-refractivity contribution in [3.8, 4) is 0 Å². The van der Waals surface area contributed by atoms with Crippen LogP contribution in [0.4, 0.5) is 0 Å². The number of aliphatic hydroxyl groups is 1. The van der Waals surface area contributed by atoms with E-state index in [0.29, 0.717) is 26.1 Å². The second kappa shape index (κ2) is 10.0. The van der Waals surface area contributed by atoms with Crippen molar-refractivity contribution in [3.05, 3.63) is 71.8 Å². The molecule has 1 spiro atoms. The van der Waals surface area contributed by atoms with E-state index in [1.807, 2.05) is 60.7 Å². The molecule has 5 atom stereocenters. The molecule has 3 N–H and O–H groups in total. The Hall–Kier alpha value is -2.84. The maximum atomic E-state index is 13.7. The second-order valence-electron chi connectivity index (χ2n) is 9.57. The molecule has 7 nitrogen and oxygen atoms in total. The van der Waals surface area contributed by atoms with Gasteiger partial charge in [-0.15, -0.1) is 11.8 Å². The zero-order chi connectivity index (χ0) is 24.4. The molecule has 3 amide bonds. The van der Waals surface area contributed by atoms with Crippen LogP contribution in [0.5, 0.6) is 0 Å². The Morgan fingerprint density at radius 3 is 2.17 bits per heavy atom. The van der Waals surface area contributed by atoms with Gasteiger partial charge in [-0.25, -0.2) is 0 Å². The van der Waals surface area contributed by atoms with Crippen molar-refractivity contribution < 1.29 is 19.5 Å². The number of aliphatic hydroxyl groups excluding tert-OH is 1. The molecule has 0 aliphatic carbocycles. The number of rotatable bonds is 9. The van der Waals surface area contributed by atoms with Gasteiger partial charge in [0.2, 0.25) is 17.7 Å². The van der Waals surface area contributed by atoms with Crippen molar-refractivity contribution >= 4 is 29.5 Å². The van der Waals surface area contributed by atoms with E-state index >= 15 is 0 Å². The van der Waals surface area contributed by atoms with Crippen LogP contribution in [0.15, 0.2) is 60.7 Å². The van der Waals surface area contributed by atoms with E-state index in [9.17, 15) is 19.5 Å². The van der Waals surface area contributed by atoms with Gasteiger partial charge in [0.15, 0.2) is 0 Å². The number of hydrogen-bond acceptors (Lipinski definition) is 5.